The maximum absolute atomic E-state index is 13.5. The van der Waals surface area contributed by atoms with E-state index in [1.807, 2.05) is 18.2 Å². The number of ether oxygens (including phenoxy) is 2. The van der Waals surface area contributed by atoms with Gasteiger partial charge in [-0.1, -0.05) is 35.3 Å². The smallest absolute Gasteiger partial charge is 0.151 e. The summed E-state index contributed by atoms with van der Waals surface area (Å²) in [6.45, 7) is 2.01. The topological polar surface area (TPSA) is 30.5 Å². The fourth-order valence-corrected chi connectivity index (χ4v) is 2.89. The number of morpholine rings is 1. The van der Waals surface area contributed by atoms with Crippen LogP contribution in [0.15, 0.2) is 42.5 Å². The Kier molecular flexibility index (Phi) is 7.14. The van der Waals surface area contributed by atoms with Gasteiger partial charge in [-0.15, -0.1) is 12.4 Å². The first-order valence-corrected chi connectivity index (χ1v) is 8.08. The molecule has 130 valence electrons. The normalized spacial score (nSPS) is 18.5. The Morgan fingerprint density at radius 1 is 1.21 bits per heavy atom. The molecule has 1 aliphatic rings. The highest BCUT2D eigenvalue weighted by molar-refractivity contribution is 6.32. The molecule has 2 aromatic rings. The first-order valence-electron chi connectivity index (χ1n) is 7.33. The van der Waals surface area contributed by atoms with Crippen LogP contribution in [0.5, 0.6) is 5.75 Å². The lowest BCUT2D eigenvalue weighted by atomic mass is 10.0. The Hall–Kier alpha value is -1.04. The van der Waals surface area contributed by atoms with E-state index in [0.29, 0.717) is 23.2 Å². The maximum Gasteiger partial charge on any atom is 0.151 e. The molecule has 1 saturated heterocycles. The minimum atomic E-state index is -0.444. The molecular weight excluding hydrogens is 376 g/mol. The van der Waals surface area contributed by atoms with Crippen molar-refractivity contribution in [3.63, 3.8) is 0 Å². The number of benzene rings is 2. The summed E-state index contributed by atoms with van der Waals surface area (Å²) < 4.78 is 25.3. The molecule has 2 atom stereocenters. The van der Waals surface area contributed by atoms with Crippen molar-refractivity contribution in [1.29, 1.82) is 0 Å². The van der Waals surface area contributed by atoms with Crippen LogP contribution < -0.4 is 10.1 Å². The molecule has 1 heterocycles. The van der Waals surface area contributed by atoms with Crippen molar-refractivity contribution >= 4 is 35.6 Å². The lowest BCUT2D eigenvalue weighted by molar-refractivity contribution is -0.0432. The van der Waals surface area contributed by atoms with Crippen molar-refractivity contribution in [3.8, 4) is 5.75 Å². The maximum atomic E-state index is 13.5. The predicted octanol–water partition coefficient (Wildman–Crippen LogP) is 4.66. The Morgan fingerprint density at radius 3 is 2.75 bits per heavy atom. The molecule has 1 N–H and O–H groups in total. The molecule has 7 heteroatoms. The highest BCUT2D eigenvalue weighted by Crippen LogP contribution is 2.33. The zero-order valence-electron chi connectivity index (χ0n) is 12.7. The Labute approximate surface area is 156 Å². The molecule has 1 fully saturated rings. The van der Waals surface area contributed by atoms with Gasteiger partial charge in [-0.3, -0.25) is 0 Å². The van der Waals surface area contributed by atoms with Crippen molar-refractivity contribution in [1.82, 2.24) is 5.32 Å². The number of nitrogens with one attached hydrogen (secondary N) is 1. The van der Waals surface area contributed by atoms with Gasteiger partial charge in [-0.25, -0.2) is 4.39 Å². The molecule has 0 aliphatic carbocycles. The molecular formula is C17H17Cl3FNO2. The Bertz CT molecular complexity index is 681. The van der Waals surface area contributed by atoms with Crippen molar-refractivity contribution in [2.75, 3.05) is 19.7 Å². The average Bonchev–Trinajstić information content (AvgIpc) is 2.56. The minimum Gasteiger partial charge on any atom is -0.481 e. The third-order valence-corrected chi connectivity index (χ3v) is 4.17. The lowest BCUT2D eigenvalue weighted by Gasteiger charge is -2.32. The fraction of sp³-hybridized carbons (Fsp3) is 0.294. The lowest BCUT2D eigenvalue weighted by Crippen LogP contribution is -2.43. The van der Waals surface area contributed by atoms with Crippen LogP contribution in [-0.2, 0) is 4.74 Å². The van der Waals surface area contributed by atoms with E-state index in [1.54, 1.807) is 6.07 Å². The Balaban J connectivity index is 0.00000208. The number of halogens is 4. The third kappa shape index (κ3) is 4.74. The van der Waals surface area contributed by atoms with Crippen LogP contribution in [0.4, 0.5) is 4.39 Å². The molecule has 0 saturated carbocycles. The predicted molar refractivity (Wildman–Crippen MR) is 96.1 cm³/mol. The SMILES string of the molecule is Cl.Fc1ccc(Cl)c(OC(c2cccc(Cl)c2)[C@@H]2CNCCO2)c1. The van der Waals surface area contributed by atoms with Gasteiger partial charge < -0.3 is 14.8 Å². The van der Waals surface area contributed by atoms with Gasteiger partial charge >= 0.3 is 0 Å². The van der Waals surface area contributed by atoms with Crippen LogP contribution in [-0.4, -0.2) is 25.8 Å². The number of hydrogen-bond donors (Lipinski definition) is 1. The Morgan fingerprint density at radius 2 is 2.04 bits per heavy atom. The summed E-state index contributed by atoms with van der Waals surface area (Å²) in [5.74, 6) is -0.122. The van der Waals surface area contributed by atoms with Gasteiger partial charge in [0.1, 0.15) is 17.7 Å². The van der Waals surface area contributed by atoms with Crippen molar-refractivity contribution in [2.45, 2.75) is 12.2 Å². The van der Waals surface area contributed by atoms with Gasteiger partial charge in [0.25, 0.3) is 0 Å². The van der Waals surface area contributed by atoms with Gasteiger partial charge in [0, 0.05) is 24.2 Å². The van der Waals surface area contributed by atoms with Crippen LogP contribution in [0.3, 0.4) is 0 Å². The van der Waals surface area contributed by atoms with E-state index in [4.69, 9.17) is 32.7 Å². The quantitative estimate of drug-likeness (QED) is 0.820. The van der Waals surface area contributed by atoms with Crippen molar-refractivity contribution in [3.05, 3.63) is 63.9 Å². The van der Waals surface area contributed by atoms with Gasteiger partial charge in [0.2, 0.25) is 0 Å². The van der Waals surface area contributed by atoms with E-state index >= 15 is 0 Å². The summed E-state index contributed by atoms with van der Waals surface area (Å²) in [6, 6.07) is 11.4. The first kappa shape index (κ1) is 19.3. The second-order valence-corrected chi connectivity index (χ2v) is 6.13. The standard InChI is InChI=1S/C17H16Cl2FNO2.ClH/c18-12-3-1-2-11(8-12)17(16-10-21-6-7-22-16)23-15-9-13(20)4-5-14(15)19;/h1-5,8-9,16-17,21H,6-7,10H2;1H/t16-,17?;/m0./s1. The summed E-state index contributed by atoms with van der Waals surface area (Å²) in [5.41, 5.74) is 0.853. The van der Waals surface area contributed by atoms with E-state index in [0.717, 1.165) is 12.1 Å². The van der Waals surface area contributed by atoms with Gasteiger partial charge in [0.05, 0.1) is 11.6 Å². The van der Waals surface area contributed by atoms with Gasteiger partial charge in [-0.05, 0) is 29.8 Å². The molecule has 24 heavy (non-hydrogen) atoms. The highest BCUT2D eigenvalue weighted by Gasteiger charge is 2.28. The van der Waals surface area contributed by atoms with Crippen LogP contribution in [0, 0.1) is 5.82 Å². The largest absolute Gasteiger partial charge is 0.481 e. The highest BCUT2D eigenvalue weighted by atomic mass is 35.5. The van der Waals surface area contributed by atoms with Crippen molar-refractivity contribution in [2.24, 2.45) is 0 Å². The van der Waals surface area contributed by atoms with E-state index in [-0.39, 0.29) is 24.3 Å². The second kappa shape index (κ2) is 8.88. The molecule has 0 spiro atoms. The summed E-state index contributed by atoms with van der Waals surface area (Å²) in [4.78, 5) is 0. The summed E-state index contributed by atoms with van der Waals surface area (Å²) in [7, 11) is 0. The van der Waals surface area contributed by atoms with Gasteiger partial charge in [0.15, 0.2) is 6.10 Å². The molecule has 0 amide bonds. The van der Waals surface area contributed by atoms with Gasteiger partial charge in [-0.2, -0.15) is 0 Å². The monoisotopic (exact) mass is 391 g/mol. The molecule has 2 aromatic carbocycles. The zero-order chi connectivity index (χ0) is 16.2. The summed E-state index contributed by atoms with van der Waals surface area (Å²) in [6.07, 6.45) is -0.664. The third-order valence-electron chi connectivity index (χ3n) is 3.62. The molecule has 3 rings (SSSR count). The number of rotatable bonds is 4. The molecule has 0 aromatic heterocycles. The van der Waals surface area contributed by atoms with Crippen LogP contribution in [0.2, 0.25) is 10.0 Å². The molecule has 1 unspecified atom stereocenters. The van der Waals surface area contributed by atoms with Crippen molar-refractivity contribution < 1.29 is 13.9 Å². The van der Waals surface area contributed by atoms with E-state index in [9.17, 15) is 4.39 Å². The average molecular weight is 393 g/mol. The van der Waals surface area contributed by atoms with Crippen LogP contribution in [0.25, 0.3) is 0 Å². The molecule has 1 aliphatic heterocycles. The first-order chi connectivity index (χ1) is 11.1. The molecule has 0 bridgehead atoms. The van der Waals surface area contributed by atoms with E-state index in [2.05, 4.69) is 5.32 Å². The van der Waals surface area contributed by atoms with Crippen LogP contribution >= 0.6 is 35.6 Å². The summed E-state index contributed by atoms with van der Waals surface area (Å²) >= 11 is 12.2. The summed E-state index contributed by atoms with van der Waals surface area (Å²) in [5, 5.41) is 4.22. The molecule has 3 nitrogen and oxygen atoms in total. The molecule has 0 radical (unpaired) electrons. The zero-order valence-corrected chi connectivity index (χ0v) is 15.0. The van der Waals surface area contributed by atoms with Crippen LogP contribution in [0.1, 0.15) is 11.7 Å². The fourth-order valence-electron chi connectivity index (χ4n) is 2.53. The van der Waals surface area contributed by atoms with E-state index in [1.165, 1.54) is 18.2 Å². The second-order valence-electron chi connectivity index (χ2n) is 5.28. The van der Waals surface area contributed by atoms with E-state index < -0.39 is 11.9 Å². The minimum absolute atomic E-state index is 0. The number of hydrogen-bond acceptors (Lipinski definition) is 3.